The number of ether oxygens (including phenoxy) is 2. The van der Waals surface area contributed by atoms with E-state index in [1.54, 1.807) is 37.4 Å². The maximum atomic E-state index is 11.5. The smallest absolute Gasteiger partial charge is 0.319 e. The first kappa shape index (κ1) is 16.2. The Balaban J connectivity index is 2.76. The van der Waals surface area contributed by atoms with Crippen LogP contribution in [-0.2, 0) is 9.53 Å². The van der Waals surface area contributed by atoms with Crippen LogP contribution in [0.25, 0.3) is 6.08 Å². The van der Waals surface area contributed by atoms with Gasteiger partial charge in [-0.25, -0.2) is 4.79 Å². The van der Waals surface area contributed by atoms with E-state index in [1.165, 1.54) is 6.08 Å². The number of imide groups is 1. The van der Waals surface area contributed by atoms with E-state index in [9.17, 15) is 9.59 Å². The Kier molecular flexibility index (Phi) is 6.44. The van der Waals surface area contributed by atoms with Crippen molar-refractivity contribution in [2.75, 3.05) is 20.3 Å². The number of nitrogens with two attached hydrogens (primary N) is 1. The van der Waals surface area contributed by atoms with Crippen LogP contribution in [0.5, 0.6) is 5.75 Å². The van der Waals surface area contributed by atoms with Crippen molar-refractivity contribution in [1.29, 1.82) is 5.26 Å². The number of carbonyl (C=O) groups is 2. The van der Waals surface area contributed by atoms with E-state index in [2.05, 4.69) is 0 Å². The second-order valence-corrected chi connectivity index (χ2v) is 3.90. The van der Waals surface area contributed by atoms with Gasteiger partial charge >= 0.3 is 6.03 Å². The summed E-state index contributed by atoms with van der Waals surface area (Å²) in [4.78, 5) is 22.1. The topological polar surface area (TPSA) is 114 Å². The normalized spacial score (nSPS) is 10.6. The van der Waals surface area contributed by atoms with Crippen molar-refractivity contribution in [1.82, 2.24) is 5.32 Å². The summed E-state index contributed by atoms with van der Waals surface area (Å²) in [6.45, 7) is 0.906. The lowest BCUT2D eigenvalue weighted by atomic mass is 10.1. The zero-order valence-corrected chi connectivity index (χ0v) is 11.5. The van der Waals surface area contributed by atoms with Crippen molar-refractivity contribution in [2.24, 2.45) is 5.73 Å². The Hall–Kier alpha value is -2.85. The van der Waals surface area contributed by atoms with Gasteiger partial charge in [0, 0.05) is 7.11 Å². The van der Waals surface area contributed by atoms with Crippen LogP contribution >= 0.6 is 0 Å². The number of nitriles is 1. The predicted octanol–water partition coefficient (Wildman–Crippen LogP) is 0.814. The van der Waals surface area contributed by atoms with Gasteiger partial charge in [-0.2, -0.15) is 5.26 Å². The number of nitrogens with one attached hydrogen (secondary N) is 1. The molecule has 7 heteroatoms. The number of methoxy groups -OCH3 is 1. The van der Waals surface area contributed by atoms with E-state index >= 15 is 0 Å². The van der Waals surface area contributed by atoms with Crippen molar-refractivity contribution < 1.29 is 19.1 Å². The van der Waals surface area contributed by atoms with Gasteiger partial charge in [-0.05, 0) is 23.8 Å². The number of carbonyl (C=O) groups excluding carboxylic acids is 2. The lowest BCUT2D eigenvalue weighted by molar-refractivity contribution is -0.115. The van der Waals surface area contributed by atoms with Crippen molar-refractivity contribution >= 4 is 18.0 Å². The molecule has 3 N–H and O–H groups in total. The summed E-state index contributed by atoms with van der Waals surface area (Å²) in [5.41, 5.74) is 5.22. The van der Waals surface area contributed by atoms with E-state index in [-0.39, 0.29) is 5.57 Å². The lowest BCUT2D eigenvalue weighted by Crippen LogP contribution is -2.35. The molecule has 0 bridgehead atoms. The number of hydrogen-bond acceptors (Lipinski definition) is 5. The highest BCUT2D eigenvalue weighted by molar-refractivity contribution is 6.08. The van der Waals surface area contributed by atoms with Crippen LogP contribution in [0.4, 0.5) is 4.79 Å². The molecule has 0 atom stereocenters. The molecule has 0 saturated carbocycles. The molecule has 0 saturated heterocycles. The van der Waals surface area contributed by atoms with Gasteiger partial charge in [0.25, 0.3) is 5.91 Å². The molecule has 0 spiro atoms. The Morgan fingerprint density at radius 1 is 1.33 bits per heavy atom. The molecule has 21 heavy (non-hydrogen) atoms. The third-order valence-electron chi connectivity index (χ3n) is 2.35. The highest BCUT2D eigenvalue weighted by Crippen LogP contribution is 2.14. The molecule has 0 aliphatic heterocycles. The predicted molar refractivity (Wildman–Crippen MR) is 75.1 cm³/mol. The number of nitrogens with zero attached hydrogens (tertiary/aromatic N) is 1. The van der Waals surface area contributed by atoms with E-state index in [1.807, 2.05) is 5.32 Å². The highest BCUT2D eigenvalue weighted by Gasteiger charge is 2.10. The monoisotopic (exact) mass is 289 g/mol. The average molecular weight is 289 g/mol. The standard InChI is InChI=1S/C14H15N3O4/c1-20-6-7-21-12-4-2-10(3-5-12)8-11(9-15)13(18)17-14(16)19/h2-5,8H,6-7H2,1H3,(H3,16,17,18,19). The second-order valence-electron chi connectivity index (χ2n) is 3.90. The Morgan fingerprint density at radius 2 is 2.00 bits per heavy atom. The summed E-state index contributed by atoms with van der Waals surface area (Å²) in [5, 5.41) is 10.7. The summed E-state index contributed by atoms with van der Waals surface area (Å²) in [5.74, 6) is -0.199. The third kappa shape index (κ3) is 5.76. The lowest BCUT2D eigenvalue weighted by Gasteiger charge is -2.05. The minimum absolute atomic E-state index is 0.221. The molecule has 0 aromatic heterocycles. The van der Waals surface area contributed by atoms with E-state index in [4.69, 9.17) is 20.5 Å². The minimum Gasteiger partial charge on any atom is -0.491 e. The molecule has 0 heterocycles. The molecule has 0 radical (unpaired) electrons. The van der Waals surface area contributed by atoms with Crippen LogP contribution < -0.4 is 15.8 Å². The molecule has 0 aliphatic carbocycles. The highest BCUT2D eigenvalue weighted by atomic mass is 16.5. The van der Waals surface area contributed by atoms with Gasteiger partial charge in [0.2, 0.25) is 0 Å². The number of urea groups is 1. The van der Waals surface area contributed by atoms with Gasteiger partial charge < -0.3 is 15.2 Å². The fourth-order valence-electron chi connectivity index (χ4n) is 1.40. The van der Waals surface area contributed by atoms with Gasteiger partial charge in [-0.3, -0.25) is 10.1 Å². The Bertz CT molecular complexity index is 573. The maximum Gasteiger partial charge on any atom is 0.319 e. The van der Waals surface area contributed by atoms with Gasteiger partial charge in [0.05, 0.1) is 6.61 Å². The Morgan fingerprint density at radius 3 is 2.52 bits per heavy atom. The van der Waals surface area contributed by atoms with Gasteiger partial charge in [0.1, 0.15) is 24.0 Å². The maximum absolute atomic E-state index is 11.5. The first-order valence-electron chi connectivity index (χ1n) is 6.01. The zero-order chi connectivity index (χ0) is 15.7. The first-order valence-corrected chi connectivity index (χ1v) is 6.01. The number of rotatable bonds is 6. The Labute approximate surface area is 121 Å². The molecule has 0 fully saturated rings. The first-order chi connectivity index (χ1) is 10.1. The number of primary amides is 1. The molecule has 0 unspecified atom stereocenters. The molecule has 1 rings (SSSR count). The van der Waals surface area contributed by atoms with E-state index < -0.39 is 11.9 Å². The van der Waals surface area contributed by atoms with Crippen LogP contribution in [0.15, 0.2) is 29.8 Å². The summed E-state index contributed by atoms with van der Waals surface area (Å²) in [6.07, 6.45) is 1.34. The fourth-order valence-corrected chi connectivity index (χ4v) is 1.40. The largest absolute Gasteiger partial charge is 0.491 e. The molecular weight excluding hydrogens is 274 g/mol. The molecule has 110 valence electrons. The van der Waals surface area contributed by atoms with Crippen LogP contribution in [0.1, 0.15) is 5.56 Å². The van der Waals surface area contributed by atoms with Crippen LogP contribution in [-0.4, -0.2) is 32.3 Å². The summed E-state index contributed by atoms with van der Waals surface area (Å²) in [6, 6.07) is 7.44. The van der Waals surface area contributed by atoms with Crippen LogP contribution in [0.2, 0.25) is 0 Å². The number of hydrogen-bond donors (Lipinski definition) is 2. The van der Waals surface area contributed by atoms with Crippen molar-refractivity contribution in [3.05, 3.63) is 35.4 Å². The van der Waals surface area contributed by atoms with E-state index in [0.29, 0.717) is 24.5 Å². The number of amides is 3. The molecule has 0 aliphatic rings. The average Bonchev–Trinajstić information content (AvgIpc) is 2.45. The van der Waals surface area contributed by atoms with E-state index in [0.717, 1.165) is 0 Å². The minimum atomic E-state index is -1.01. The van der Waals surface area contributed by atoms with Crippen molar-refractivity contribution in [2.45, 2.75) is 0 Å². The van der Waals surface area contributed by atoms with Gasteiger partial charge in [0.15, 0.2) is 0 Å². The van der Waals surface area contributed by atoms with Crippen molar-refractivity contribution in [3.63, 3.8) is 0 Å². The van der Waals surface area contributed by atoms with Crippen LogP contribution in [0, 0.1) is 11.3 Å². The van der Waals surface area contributed by atoms with Gasteiger partial charge in [-0.15, -0.1) is 0 Å². The molecule has 1 aromatic carbocycles. The third-order valence-corrected chi connectivity index (χ3v) is 2.35. The quantitative estimate of drug-likeness (QED) is 0.457. The van der Waals surface area contributed by atoms with Crippen molar-refractivity contribution in [3.8, 4) is 11.8 Å². The molecular formula is C14H15N3O4. The summed E-state index contributed by atoms with van der Waals surface area (Å²) in [7, 11) is 1.58. The fraction of sp³-hybridized carbons (Fsp3) is 0.214. The number of benzene rings is 1. The molecule has 1 aromatic rings. The molecule has 3 amide bonds. The summed E-state index contributed by atoms with van der Waals surface area (Å²) >= 11 is 0. The second kappa shape index (κ2) is 8.35. The summed E-state index contributed by atoms with van der Waals surface area (Å²) < 4.78 is 10.2. The molecule has 7 nitrogen and oxygen atoms in total. The SMILES string of the molecule is COCCOc1ccc(C=C(C#N)C(=O)NC(N)=O)cc1. The zero-order valence-electron chi connectivity index (χ0n) is 11.5. The van der Waals surface area contributed by atoms with Crippen LogP contribution in [0.3, 0.4) is 0 Å². The van der Waals surface area contributed by atoms with Gasteiger partial charge in [-0.1, -0.05) is 12.1 Å².